The van der Waals surface area contributed by atoms with Gasteiger partial charge in [0.1, 0.15) is 5.75 Å². The Morgan fingerprint density at radius 2 is 2.00 bits per heavy atom. The quantitative estimate of drug-likeness (QED) is 0.811. The lowest BCUT2D eigenvalue weighted by Gasteiger charge is -2.24. The van der Waals surface area contributed by atoms with Crippen molar-refractivity contribution in [3.63, 3.8) is 0 Å². The predicted octanol–water partition coefficient (Wildman–Crippen LogP) is 0.972. The number of carbonyl (C=O) groups is 1. The van der Waals surface area contributed by atoms with E-state index in [-0.39, 0.29) is 6.04 Å². The summed E-state index contributed by atoms with van der Waals surface area (Å²) in [6.07, 6.45) is 0.444. The SMILES string of the molecule is COc1ccccc1CC(C)N(C)S(=O)(=O)CC(=O)O. The first-order valence-corrected chi connectivity index (χ1v) is 7.68. The topological polar surface area (TPSA) is 83.9 Å². The lowest BCUT2D eigenvalue weighted by Crippen LogP contribution is -2.39. The zero-order valence-electron chi connectivity index (χ0n) is 11.7. The average Bonchev–Trinajstić information content (AvgIpc) is 2.36. The number of benzene rings is 1. The van der Waals surface area contributed by atoms with Gasteiger partial charge in [-0.3, -0.25) is 4.79 Å². The van der Waals surface area contributed by atoms with Gasteiger partial charge in [0.25, 0.3) is 0 Å². The van der Waals surface area contributed by atoms with E-state index in [1.165, 1.54) is 7.05 Å². The van der Waals surface area contributed by atoms with Crippen LogP contribution in [0.2, 0.25) is 0 Å². The second kappa shape index (κ2) is 6.71. The van der Waals surface area contributed by atoms with Gasteiger partial charge in [-0.1, -0.05) is 18.2 Å². The van der Waals surface area contributed by atoms with Gasteiger partial charge < -0.3 is 9.84 Å². The third-order valence-corrected chi connectivity index (χ3v) is 4.92. The van der Waals surface area contributed by atoms with Crippen molar-refractivity contribution >= 4 is 16.0 Å². The van der Waals surface area contributed by atoms with Crippen LogP contribution < -0.4 is 4.74 Å². The third-order valence-electron chi connectivity index (χ3n) is 3.07. The molecule has 0 saturated heterocycles. The van der Waals surface area contributed by atoms with Crippen LogP contribution in [0.5, 0.6) is 5.75 Å². The first-order valence-electron chi connectivity index (χ1n) is 6.07. The van der Waals surface area contributed by atoms with E-state index in [1.54, 1.807) is 20.1 Å². The molecule has 0 aliphatic heterocycles. The second-order valence-corrected chi connectivity index (χ2v) is 6.56. The first kappa shape index (κ1) is 16.5. The van der Waals surface area contributed by atoms with Crippen molar-refractivity contribution < 1.29 is 23.1 Å². The molecule has 0 radical (unpaired) electrons. The number of methoxy groups -OCH3 is 1. The van der Waals surface area contributed by atoms with Crippen molar-refractivity contribution in [3.05, 3.63) is 29.8 Å². The number of hydrogen-bond acceptors (Lipinski definition) is 4. The van der Waals surface area contributed by atoms with Crippen molar-refractivity contribution in [2.75, 3.05) is 19.9 Å². The molecule has 0 amide bonds. The van der Waals surface area contributed by atoms with E-state index in [0.29, 0.717) is 12.2 Å². The van der Waals surface area contributed by atoms with Crippen LogP contribution in [0.15, 0.2) is 24.3 Å². The summed E-state index contributed by atoms with van der Waals surface area (Å²) in [5.74, 6) is -1.58. The normalized spacial score (nSPS) is 13.2. The molecule has 1 aromatic carbocycles. The van der Waals surface area contributed by atoms with Gasteiger partial charge in [-0.05, 0) is 25.0 Å². The summed E-state index contributed by atoms with van der Waals surface area (Å²) in [5.41, 5.74) is 0.875. The zero-order valence-corrected chi connectivity index (χ0v) is 12.6. The number of carboxylic acid groups (broad SMARTS) is 1. The van der Waals surface area contributed by atoms with Crippen molar-refractivity contribution in [1.82, 2.24) is 4.31 Å². The highest BCUT2D eigenvalue weighted by atomic mass is 32.2. The molecule has 1 unspecified atom stereocenters. The highest BCUT2D eigenvalue weighted by molar-refractivity contribution is 7.89. The highest BCUT2D eigenvalue weighted by Crippen LogP contribution is 2.21. The second-order valence-electron chi connectivity index (χ2n) is 4.53. The Balaban J connectivity index is 2.85. The number of rotatable bonds is 7. The van der Waals surface area contributed by atoms with Gasteiger partial charge in [-0.25, -0.2) is 12.7 Å². The first-order chi connectivity index (χ1) is 9.27. The maximum atomic E-state index is 11.8. The van der Waals surface area contributed by atoms with Gasteiger partial charge in [-0.15, -0.1) is 0 Å². The zero-order chi connectivity index (χ0) is 15.3. The van der Waals surface area contributed by atoms with E-state index in [9.17, 15) is 13.2 Å². The maximum Gasteiger partial charge on any atom is 0.320 e. The van der Waals surface area contributed by atoms with Crippen LogP contribution in [0.3, 0.4) is 0 Å². The van der Waals surface area contributed by atoms with E-state index in [2.05, 4.69) is 0 Å². The smallest absolute Gasteiger partial charge is 0.320 e. The Bertz CT molecular complexity index is 570. The monoisotopic (exact) mass is 301 g/mol. The lowest BCUT2D eigenvalue weighted by atomic mass is 10.1. The lowest BCUT2D eigenvalue weighted by molar-refractivity contribution is -0.134. The van der Waals surface area contributed by atoms with Gasteiger partial charge >= 0.3 is 5.97 Å². The molecule has 0 heterocycles. The number of sulfonamides is 1. The molecule has 1 N–H and O–H groups in total. The van der Waals surface area contributed by atoms with Crippen LogP contribution in [0, 0.1) is 0 Å². The maximum absolute atomic E-state index is 11.8. The summed E-state index contributed by atoms with van der Waals surface area (Å²) >= 11 is 0. The van der Waals surface area contributed by atoms with Crippen LogP contribution >= 0.6 is 0 Å². The van der Waals surface area contributed by atoms with Crippen LogP contribution in [0.4, 0.5) is 0 Å². The molecule has 1 aromatic rings. The molecule has 0 fully saturated rings. The van der Waals surface area contributed by atoms with E-state index >= 15 is 0 Å². The molecule has 0 bridgehead atoms. The highest BCUT2D eigenvalue weighted by Gasteiger charge is 2.26. The number of likely N-dealkylation sites (N-methyl/N-ethyl adjacent to an activating group) is 1. The summed E-state index contributed by atoms with van der Waals surface area (Å²) in [7, 11) is -0.868. The predicted molar refractivity (Wildman–Crippen MR) is 75.3 cm³/mol. The van der Waals surface area contributed by atoms with E-state index < -0.39 is 21.7 Å². The van der Waals surface area contributed by atoms with Gasteiger partial charge in [0, 0.05) is 13.1 Å². The fourth-order valence-corrected chi connectivity index (χ4v) is 2.99. The molecule has 0 spiro atoms. The molecular weight excluding hydrogens is 282 g/mol. The minimum Gasteiger partial charge on any atom is -0.496 e. The van der Waals surface area contributed by atoms with Crippen LogP contribution in [0.1, 0.15) is 12.5 Å². The Hall–Kier alpha value is -1.60. The van der Waals surface area contributed by atoms with Gasteiger partial charge in [-0.2, -0.15) is 0 Å². The Kier molecular flexibility index (Phi) is 5.52. The van der Waals surface area contributed by atoms with Gasteiger partial charge in [0.05, 0.1) is 7.11 Å². The number of carboxylic acids is 1. The number of para-hydroxylation sites is 1. The molecule has 112 valence electrons. The molecule has 1 atom stereocenters. The molecule has 0 saturated carbocycles. The molecule has 7 heteroatoms. The summed E-state index contributed by atoms with van der Waals surface area (Å²) in [6, 6.07) is 6.96. The molecular formula is C13H19NO5S. The molecule has 0 aromatic heterocycles. The Morgan fingerprint density at radius 3 is 2.55 bits per heavy atom. The fraction of sp³-hybridized carbons (Fsp3) is 0.462. The fourth-order valence-electron chi connectivity index (χ4n) is 1.85. The summed E-state index contributed by atoms with van der Waals surface area (Å²) in [5, 5.41) is 8.63. The van der Waals surface area contributed by atoms with Crippen molar-refractivity contribution in [2.24, 2.45) is 0 Å². The van der Waals surface area contributed by atoms with Gasteiger partial charge in [0.15, 0.2) is 5.75 Å². The molecule has 20 heavy (non-hydrogen) atoms. The largest absolute Gasteiger partial charge is 0.496 e. The summed E-state index contributed by atoms with van der Waals surface area (Å²) in [6.45, 7) is 1.73. The van der Waals surface area contributed by atoms with E-state index in [0.717, 1.165) is 9.87 Å². The average molecular weight is 301 g/mol. The minimum absolute atomic E-state index is 0.365. The molecule has 0 aliphatic rings. The van der Waals surface area contributed by atoms with Crippen LogP contribution in [-0.4, -0.2) is 49.8 Å². The Morgan fingerprint density at radius 1 is 1.40 bits per heavy atom. The van der Waals surface area contributed by atoms with Crippen molar-refractivity contribution in [2.45, 2.75) is 19.4 Å². The van der Waals surface area contributed by atoms with Crippen molar-refractivity contribution in [3.8, 4) is 5.75 Å². The van der Waals surface area contributed by atoms with Gasteiger partial charge in [0.2, 0.25) is 10.0 Å². The standard InChI is InChI=1S/C13H19NO5S/c1-10(14(2)20(17,18)9-13(15)16)8-11-6-4-5-7-12(11)19-3/h4-7,10H,8-9H2,1-3H3,(H,15,16). The molecule has 6 nitrogen and oxygen atoms in total. The third kappa shape index (κ3) is 4.21. The summed E-state index contributed by atoms with van der Waals surface area (Å²) in [4.78, 5) is 10.6. The van der Waals surface area contributed by atoms with E-state index in [1.807, 2.05) is 18.2 Å². The van der Waals surface area contributed by atoms with Crippen LogP contribution in [-0.2, 0) is 21.2 Å². The van der Waals surface area contributed by atoms with E-state index in [4.69, 9.17) is 9.84 Å². The Labute approximate surface area is 119 Å². The summed E-state index contributed by atoms with van der Waals surface area (Å²) < 4.78 is 30.0. The van der Waals surface area contributed by atoms with Crippen molar-refractivity contribution in [1.29, 1.82) is 0 Å². The molecule has 0 aliphatic carbocycles. The molecule has 1 rings (SSSR count). The minimum atomic E-state index is -3.81. The number of ether oxygens (including phenoxy) is 1. The van der Waals surface area contributed by atoms with Crippen LogP contribution in [0.25, 0.3) is 0 Å². The number of nitrogens with zero attached hydrogens (tertiary/aromatic N) is 1. The number of hydrogen-bond donors (Lipinski definition) is 1. The number of aliphatic carboxylic acids is 1.